The van der Waals surface area contributed by atoms with Gasteiger partial charge in [0.25, 0.3) is 0 Å². The lowest BCUT2D eigenvalue weighted by Gasteiger charge is -2.17. The molecule has 0 radical (unpaired) electrons. The summed E-state index contributed by atoms with van der Waals surface area (Å²) in [4.78, 5) is 41.7. The Hall–Kier alpha value is -3.59. The fourth-order valence-corrected chi connectivity index (χ4v) is 3.08. The normalized spacial score (nSPS) is 9.89. The van der Waals surface area contributed by atoms with Gasteiger partial charge >= 0.3 is 19.8 Å². The number of phosphoric acid groups is 1. The van der Waals surface area contributed by atoms with Crippen molar-refractivity contribution < 1.29 is 37.9 Å². The number of esters is 2. The second-order valence-corrected chi connectivity index (χ2v) is 8.94. The van der Waals surface area contributed by atoms with Crippen molar-refractivity contribution in [2.24, 2.45) is 0 Å². The third kappa shape index (κ3) is 25.5. The van der Waals surface area contributed by atoms with Crippen molar-refractivity contribution in [1.82, 2.24) is 0 Å². The van der Waals surface area contributed by atoms with Crippen molar-refractivity contribution in [2.75, 3.05) is 13.2 Å². The molecule has 0 fully saturated rings. The first-order chi connectivity index (χ1) is 18.3. The third-order valence-corrected chi connectivity index (χ3v) is 4.95. The van der Waals surface area contributed by atoms with E-state index in [1.54, 1.807) is 6.92 Å². The molecule has 0 aliphatic heterocycles. The van der Waals surface area contributed by atoms with Crippen molar-refractivity contribution in [3.63, 3.8) is 0 Å². The van der Waals surface area contributed by atoms with Gasteiger partial charge in [-0.25, -0.2) is 9.36 Å². The van der Waals surface area contributed by atoms with E-state index in [0.717, 1.165) is 19.3 Å². The maximum Gasteiger partial charge on any atom is 0.469 e. The number of rotatable bonds is 16. The molecule has 1 atom stereocenters. The van der Waals surface area contributed by atoms with Gasteiger partial charge in [0.1, 0.15) is 6.61 Å². The predicted octanol–water partition coefficient (Wildman–Crippen LogP) is 3.51. The van der Waals surface area contributed by atoms with Crippen LogP contribution in [0.15, 0.2) is 0 Å². The van der Waals surface area contributed by atoms with Gasteiger partial charge in [-0.3, -0.25) is 9.32 Å². The highest BCUT2D eigenvalue weighted by Gasteiger charge is 2.22. The molecule has 8 nitrogen and oxygen atoms in total. The molecule has 0 saturated heterocycles. The molecule has 2 N–H and O–H groups in total. The number of carbonyl (C=O) groups excluding carboxylic acids is 2. The SMILES string of the molecule is CC#CC#CC#CC#CC#CC#CC(=O)OC[C@@H](COP(=O)(O)O)OC(=O)CCCCCCCCCCC. The van der Waals surface area contributed by atoms with Crippen molar-refractivity contribution in [1.29, 1.82) is 0 Å². The van der Waals surface area contributed by atoms with Gasteiger partial charge in [0.15, 0.2) is 6.10 Å². The van der Waals surface area contributed by atoms with E-state index in [1.807, 2.05) is 0 Å². The van der Waals surface area contributed by atoms with Gasteiger partial charge in [-0.2, -0.15) is 0 Å². The number of carbonyl (C=O) groups is 2. The second kappa shape index (κ2) is 23.8. The zero-order valence-electron chi connectivity index (χ0n) is 21.9. The molecule has 0 aromatic rings. The Bertz CT molecular complexity index is 1160. The molecule has 0 amide bonds. The predicted molar refractivity (Wildman–Crippen MR) is 143 cm³/mol. The summed E-state index contributed by atoms with van der Waals surface area (Å²) in [6.07, 6.45) is 8.68. The van der Waals surface area contributed by atoms with Crippen LogP contribution in [0.4, 0.5) is 0 Å². The lowest BCUT2D eigenvalue weighted by atomic mass is 10.1. The van der Waals surface area contributed by atoms with E-state index in [4.69, 9.17) is 19.3 Å². The van der Waals surface area contributed by atoms with Crippen LogP contribution in [0.5, 0.6) is 0 Å². The fraction of sp³-hybridized carbons (Fsp3) is 0.517. The summed E-state index contributed by atoms with van der Waals surface area (Å²) >= 11 is 0. The molecule has 0 rings (SSSR count). The summed E-state index contributed by atoms with van der Waals surface area (Å²) in [6.45, 7) is 2.68. The Kier molecular flexibility index (Phi) is 21.5. The van der Waals surface area contributed by atoms with Crippen LogP contribution in [0.25, 0.3) is 0 Å². The molecule has 0 aromatic heterocycles. The minimum atomic E-state index is -4.81. The molecule has 0 spiro atoms. The summed E-state index contributed by atoms with van der Waals surface area (Å²) in [5.41, 5.74) is 0. The van der Waals surface area contributed by atoms with Crippen LogP contribution in [0.3, 0.4) is 0 Å². The Balaban J connectivity index is 4.55. The van der Waals surface area contributed by atoms with E-state index >= 15 is 0 Å². The van der Waals surface area contributed by atoms with Crippen molar-refractivity contribution in [3.05, 3.63) is 0 Å². The molecule has 0 heterocycles. The zero-order valence-corrected chi connectivity index (χ0v) is 22.7. The van der Waals surface area contributed by atoms with Crippen molar-refractivity contribution >= 4 is 19.8 Å². The van der Waals surface area contributed by atoms with Gasteiger partial charge in [0.05, 0.1) is 6.61 Å². The van der Waals surface area contributed by atoms with Crippen LogP contribution < -0.4 is 0 Å². The van der Waals surface area contributed by atoms with Gasteiger partial charge in [0.2, 0.25) is 0 Å². The van der Waals surface area contributed by atoms with Gasteiger partial charge in [-0.05, 0) is 72.5 Å². The molecule has 0 aromatic carbocycles. The van der Waals surface area contributed by atoms with E-state index in [1.165, 1.54) is 32.1 Å². The van der Waals surface area contributed by atoms with E-state index in [2.05, 4.69) is 82.5 Å². The first kappa shape index (κ1) is 34.4. The average molecular weight is 541 g/mol. The molecular weight excluding hydrogens is 507 g/mol. The summed E-state index contributed by atoms with van der Waals surface area (Å²) in [6, 6.07) is 0. The molecule has 0 unspecified atom stereocenters. The molecule has 0 aliphatic rings. The van der Waals surface area contributed by atoms with Crippen LogP contribution in [0.2, 0.25) is 0 Å². The fourth-order valence-electron chi connectivity index (χ4n) is 2.72. The number of hydrogen-bond donors (Lipinski definition) is 2. The zero-order chi connectivity index (χ0) is 28.3. The van der Waals surface area contributed by atoms with E-state index < -0.39 is 39.1 Å². The van der Waals surface area contributed by atoms with E-state index in [0.29, 0.717) is 6.42 Å². The minimum absolute atomic E-state index is 0.135. The molecule has 0 bridgehead atoms. The van der Waals surface area contributed by atoms with Gasteiger partial charge in [0, 0.05) is 12.3 Å². The standard InChI is InChI=1S/C29H33O8P/c1-3-5-7-9-11-13-14-16-17-19-21-23-28(30)35-25-27(26-36-38(32,33)34)37-29(31)24-22-20-18-15-12-10-8-6-4-2/h27H,4,6,8,10,12,15,18,20,22,24-26H2,1-2H3,(H2,32,33,34)/t27-/m0/s1. The van der Waals surface area contributed by atoms with Gasteiger partial charge < -0.3 is 19.3 Å². The Labute approximate surface area is 226 Å². The summed E-state index contributed by atoms with van der Waals surface area (Å²) in [7, 11) is -4.81. The number of hydrogen-bond acceptors (Lipinski definition) is 6. The molecule has 0 saturated carbocycles. The lowest BCUT2D eigenvalue weighted by Crippen LogP contribution is -2.29. The largest absolute Gasteiger partial charge is 0.469 e. The van der Waals surface area contributed by atoms with Crippen molar-refractivity contribution in [3.8, 4) is 71.0 Å². The van der Waals surface area contributed by atoms with Gasteiger partial charge in [-0.1, -0.05) is 64.2 Å². The highest BCUT2D eigenvalue weighted by atomic mass is 31.2. The van der Waals surface area contributed by atoms with E-state index in [9.17, 15) is 14.2 Å². The average Bonchev–Trinajstić information content (AvgIpc) is 2.87. The highest BCUT2D eigenvalue weighted by molar-refractivity contribution is 7.46. The monoisotopic (exact) mass is 540 g/mol. The number of phosphoric ester groups is 1. The van der Waals surface area contributed by atoms with Crippen LogP contribution in [-0.4, -0.2) is 41.0 Å². The number of ether oxygens (including phenoxy) is 2. The third-order valence-electron chi connectivity index (χ3n) is 4.46. The molecular formula is C29H33O8P. The first-order valence-electron chi connectivity index (χ1n) is 12.3. The van der Waals surface area contributed by atoms with Crippen LogP contribution in [0.1, 0.15) is 78.1 Å². The first-order valence-corrected chi connectivity index (χ1v) is 13.8. The van der Waals surface area contributed by atoms with Crippen LogP contribution in [-0.2, 0) is 28.2 Å². The Morgan fingerprint density at radius 2 is 1.24 bits per heavy atom. The molecule has 202 valence electrons. The summed E-state index contributed by atoms with van der Waals surface area (Å²) in [5, 5.41) is 0. The second-order valence-electron chi connectivity index (χ2n) is 7.70. The lowest BCUT2D eigenvalue weighted by molar-refractivity contribution is -0.158. The molecule has 38 heavy (non-hydrogen) atoms. The number of unbranched alkanes of at least 4 members (excludes halogenated alkanes) is 8. The quantitative estimate of drug-likeness (QED) is 0.100. The summed E-state index contributed by atoms with van der Waals surface area (Å²) in [5.74, 6) is 27.3. The molecule has 9 heteroatoms. The maximum absolute atomic E-state index is 12.1. The van der Waals surface area contributed by atoms with Crippen LogP contribution >= 0.6 is 7.82 Å². The summed E-state index contributed by atoms with van der Waals surface area (Å²) < 4.78 is 25.4. The Morgan fingerprint density at radius 3 is 1.76 bits per heavy atom. The minimum Gasteiger partial charge on any atom is -0.456 e. The van der Waals surface area contributed by atoms with Gasteiger partial charge in [-0.15, -0.1) is 0 Å². The Morgan fingerprint density at radius 1 is 0.737 bits per heavy atom. The maximum atomic E-state index is 12.1. The van der Waals surface area contributed by atoms with Crippen LogP contribution in [0, 0.1) is 71.0 Å². The smallest absolute Gasteiger partial charge is 0.456 e. The van der Waals surface area contributed by atoms with E-state index in [-0.39, 0.29) is 6.42 Å². The molecule has 0 aliphatic carbocycles. The topological polar surface area (TPSA) is 119 Å². The van der Waals surface area contributed by atoms with Crippen molar-refractivity contribution in [2.45, 2.75) is 84.2 Å². The highest BCUT2D eigenvalue weighted by Crippen LogP contribution is 2.35.